The summed E-state index contributed by atoms with van der Waals surface area (Å²) in [6.07, 6.45) is 0.704. The molecule has 1 amide bonds. The minimum atomic E-state index is -0.284. The van der Waals surface area contributed by atoms with E-state index in [-0.39, 0.29) is 11.7 Å². The number of halogens is 2. The molecular weight excluding hydrogens is 443 g/mol. The van der Waals surface area contributed by atoms with Crippen molar-refractivity contribution in [3.63, 3.8) is 0 Å². The van der Waals surface area contributed by atoms with Gasteiger partial charge in [0.25, 0.3) is 5.91 Å². The van der Waals surface area contributed by atoms with Crippen LogP contribution in [0.1, 0.15) is 20.9 Å². The van der Waals surface area contributed by atoms with Gasteiger partial charge in [-0.15, -0.1) is 5.10 Å². The smallest absolute Gasteiger partial charge is 0.251 e. The molecule has 0 aliphatic heterocycles. The second-order valence-corrected chi connectivity index (χ2v) is 8.24. The summed E-state index contributed by atoms with van der Waals surface area (Å²) in [5, 5.41) is 7.47. The summed E-state index contributed by atoms with van der Waals surface area (Å²) in [6.45, 7) is 2.52. The van der Waals surface area contributed by atoms with Crippen molar-refractivity contribution >= 4 is 38.1 Å². The number of rotatable bonds is 5. The van der Waals surface area contributed by atoms with E-state index < -0.39 is 0 Å². The zero-order chi connectivity index (χ0) is 19.7. The number of nitrogens with zero attached hydrogens (tertiary/aromatic N) is 3. The number of aryl methyl sites for hydroxylation is 1. The van der Waals surface area contributed by atoms with Crippen molar-refractivity contribution in [2.24, 2.45) is 0 Å². The van der Waals surface area contributed by atoms with Gasteiger partial charge >= 0.3 is 0 Å². The summed E-state index contributed by atoms with van der Waals surface area (Å²) in [5.74, 6) is 0.195. The van der Waals surface area contributed by atoms with Crippen LogP contribution < -0.4 is 5.32 Å². The SMILES string of the molecule is Cc1c(CCNC(=O)c2ccc(Br)cc2)sc2nc(-c3ccc(F)cc3)nn12. The fourth-order valence-corrected chi connectivity index (χ4v) is 4.15. The van der Waals surface area contributed by atoms with Crippen molar-refractivity contribution in [1.29, 1.82) is 0 Å². The van der Waals surface area contributed by atoms with E-state index in [2.05, 4.69) is 31.3 Å². The van der Waals surface area contributed by atoms with Gasteiger partial charge in [0, 0.05) is 33.4 Å². The van der Waals surface area contributed by atoms with Crippen molar-refractivity contribution < 1.29 is 9.18 Å². The van der Waals surface area contributed by atoms with Gasteiger partial charge in [-0.3, -0.25) is 4.79 Å². The number of thiazole rings is 1. The Morgan fingerprint density at radius 2 is 1.89 bits per heavy atom. The predicted octanol–water partition coefficient (Wildman–Crippen LogP) is 4.64. The van der Waals surface area contributed by atoms with Gasteiger partial charge in [-0.1, -0.05) is 27.3 Å². The molecule has 8 heteroatoms. The van der Waals surface area contributed by atoms with Gasteiger partial charge in [-0.25, -0.2) is 8.91 Å². The lowest BCUT2D eigenvalue weighted by Crippen LogP contribution is -2.25. The van der Waals surface area contributed by atoms with Crippen LogP contribution in [0.3, 0.4) is 0 Å². The molecule has 142 valence electrons. The molecule has 5 nitrogen and oxygen atoms in total. The molecule has 0 aliphatic rings. The van der Waals surface area contributed by atoms with Crippen molar-refractivity contribution in [2.75, 3.05) is 6.54 Å². The zero-order valence-electron chi connectivity index (χ0n) is 14.9. The molecule has 28 heavy (non-hydrogen) atoms. The van der Waals surface area contributed by atoms with E-state index in [0.717, 1.165) is 25.6 Å². The Hall–Kier alpha value is -2.58. The monoisotopic (exact) mass is 458 g/mol. The summed E-state index contributed by atoms with van der Waals surface area (Å²) in [4.78, 5) is 18.7. The Labute approximate surface area is 173 Å². The first-order valence-corrected chi connectivity index (χ1v) is 10.3. The zero-order valence-corrected chi connectivity index (χ0v) is 17.3. The van der Waals surface area contributed by atoms with E-state index in [1.54, 1.807) is 40.1 Å². The topological polar surface area (TPSA) is 59.3 Å². The highest BCUT2D eigenvalue weighted by atomic mass is 79.9. The van der Waals surface area contributed by atoms with Gasteiger partial charge in [-0.05, 0) is 55.5 Å². The van der Waals surface area contributed by atoms with Crippen LogP contribution in [0.25, 0.3) is 16.3 Å². The first-order valence-electron chi connectivity index (χ1n) is 8.66. The van der Waals surface area contributed by atoms with Crippen LogP contribution in [-0.2, 0) is 6.42 Å². The lowest BCUT2D eigenvalue weighted by molar-refractivity contribution is 0.0954. The maximum Gasteiger partial charge on any atom is 0.251 e. The van der Waals surface area contributed by atoms with Crippen LogP contribution in [0.15, 0.2) is 53.0 Å². The van der Waals surface area contributed by atoms with Crippen molar-refractivity contribution in [3.05, 3.63) is 75.0 Å². The van der Waals surface area contributed by atoms with Gasteiger partial charge in [-0.2, -0.15) is 4.98 Å². The van der Waals surface area contributed by atoms with E-state index in [0.29, 0.717) is 24.4 Å². The molecule has 2 heterocycles. The Morgan fingerprint density at radius 1 is 1.18 bits per heavy atom. The number of carbonyl (C=O) groups is 1. The Balaban J connectivity index is 1.44. The molecular formula is C20H16BrFN4OS. The van der Waals surface area contributed by atoms with Gasteiger partial charge < -0.3 is 5.32 Å². The number of aromatic nitrogens is 3. The highest BCUT2D eigenvalue weighted by Crippen LogP contribution is 2.25. The molecule has 4 aromatic rings. The number of fused-ring (bicyclic) bond motifs is 1. The summed E-state index contributed by atoms with van der Waals surface area (Å²) in [7, 11) is 0. The van der Waals surface area contributed by atoms with Crippen LogP contribution in [-0.4, -0.2) is 27.0 Å². The molecule has 0 saturated carbocycles. The van der Waals surface area contributed by atoms with Crippen LogP contribution in [0.2, 0.25) is 0 Å². The molecule has 2 aromatic heterocycles. The Kier molecular flexibility index (Phi) is 5.23. The fourth-order valence-electron chi connectivity index (χ4n) is 2.83. The second-order valence-electron chi connectivity index (χ2n) is 6.26. The van der Waals surface area contributed by atoms with E-state index in [4.69, 9.17) is 0 Å². The third-order valence-electron chi connectivity index (χ3n) is 4.36. The quantitative estimate of drug-likeness (QED) is 0.473. The van der Waals surface area contributed by atoms with Crippen LogP contribution >= 0.6 is 27.3 Å². The van der Waals surface area contributed by atoms with Crippen molar-refractivity contribution in [2.45, 2.75) is 13.3 Å². The number of amides is 1. The van der Waals surface area contributed by atoms with Crippen LogP contribution in [0.4, 0.5) is 4.39 Å². The van der Waals surface area contributed by atoms with E-state index >= 15 is 0 Å². The lowest BCUT2D eigenvalue weighted by Gasteiger charge is -2.05. The third kappa shape index (κ3) is 3.83. The molecule has 1 N–H and O–H groups in total. The maximum absolute atomic E-state index is 13.1. The largest absolute Gasteiger partial charge is 0.352 e. The molecule has 2 aromatic carbocycles. The number of carbonyl (C=O) groups excluding carboxylic acids is 1. The first-order chi connectivity index (χ1) is 13.5. The number of nitrogens with one attached hydrogen (secondary N) is 1. The molecule has 0 unspecified atom stereocenters. The van der Waals surface area contributed by atoms with E-state index in [9.17, 15) is 9.18 Å². The number of benzene rings is 2. The molecule has 0 saturated heterocycles. The lowest BCUT2D eigenvalue weighted by atomic mass is 10.2. The highest BCUT2D eigenvalue weighted by Gasteiger charge is 2.14. The molecule has 0 aliphatic carbocycles. The minimum absolute atomic E-state index is 0.0943. The van der Waals surface area contributed by atoms with E-state index in [1.807, 2.05) is 19.1 Å². The van der Waals surface area contributed by atoms with Crippen LogP contribution in [0.5, 0.6) is 0 Å². The van der Waals surface area contributed by atoms with Gasteiger partial charge in [0.2, 0.25) is 4.96 Å². The van der Waals surface area contributed by atoms with Gasteiger partial charge in [0.15, 0.2) is 5.82 Å². The summed E-state index contributed by atoms with van der Waals surface area (Å²) in [6, 6.07) is 13.4. The minimum Gasteiger partial charge on any atom is -0.352 e. The fraction of sp³-hybridized carbons (Fsp3) is 0.150. The molecule has 0 fully saturated rings. The average molecular weight is 459 g/mol. The predicted molar refractivity (Wildman–Crippen MR) is 111 cm³/mol. The van der Waals surface area contributed by atoms with Gasteiger partial charge in [0.1, 0.15) is 5.82 Å². The standard InChI is InChI=1S/C20H16BrFN4OS/c1-12-17(10-11-23-19(27)14-2-6-15(21)7-3-14)28-20-24-18(25-26(12)20)13-4-8-16(22)9-5-13/h2-9H,10-11H2,1H3,(H,23,27). The summed E-state index contributed by atoms with van der Waals surface area (Å²) < 4.78 is 15.8. The molecule has 0 bridgehead atoms. The Bertz CT molecular complexity index is 1140. The average Bonchev–Trinajstić information content (AvgIpc) is 3.23. The molecule has 0 spiro atoms. The number of hydrogen-bond acceptors (Lipinski definition) is 4. The van der Waals surface area contributed by atoms with Crippen molar-refractivity contribution in [3.8, 4) is 11.4 Å². The normalized spacial score (nSPS) is 11.1. The van der Waals surface area contributed by atoms with Crippen molar-refractivity contribution in [1.82, 2.24) is 19.9 Å². The summed E-state index contributed by atoms with van der Waals surface area (Å²) >= 11 is 4.91. The second kappa shape index (κ2) is 7.81. The summed E-state index contributed by atoms with van der Waals surface area (Å²) in [5.41, 5.74) is 2.41. The third-order valence-corrected chi connectivity index (χ3v) is 6.08. The van der Waals surface area contributed by atoms with Crippen LogP contribution in [0, 0.1) is 12.7 Å². The number of hydrogen-bond donors (Lipinski definition) is 1. The first kappa shape index (κ1) is 18.8. The molecule has 0 atom stereocenters. The Morgan fingerprint density at radius 3 is 2.57 bits per heavy atom. The highest BCUT2D eigenvalue weighted by molar-refractivity contribution is 9.10. The van der Waals surface area contributed by atoms with E-state index in [1.165, 1.54) is 12.1 Å². The molecule has 4 rings (SSSR count). The molecule has 0 radical (unpaired) electrons. The van der Waals surface area contributed by atoms with Gasteiger partial charge in [0.05, 0.1) is 5.69 Å². The maximum atomic E-state index is 13.1.